The quantitative estimate of drug-likeness (QED) is 0.547. The molecule has 0 aromatic heterocycles. The van der Waals surface area contributed by atoms with Crippen molar-refractivity contribution in [3.63, 3.8) is 0 Å². The second kappa shape index (κ2) is 4.58. The number of hydrogen-bond donors (Lipinski definition) is 0. The number of carbonyl (C=O) groups is 2. The van der Waals surface area contributed by atoms with Gasteiger partial charge in [0, 0.05) is 10.6 Å². The maximum atomic E-state index is 10.4. The van der Waals surface area contributed by atoms with E-state index in [0.29, 0.717) is 23.2 Å². The minimum Gasteiger partial charge on any atom is -0.299 e. The molecule has 1 aromatic rings. The fourth-order valence-corrected chi connectivity index (χ4v) is 1.20. The lowest BCUT2D eigenvalue weighted by atomic mass is 10.1. The van der Waals surface area contributed by atoms with Crippen LogP contribution in [0.3, 0.4) is 0 Å². The summed E-state index contributed by atoms with van der Waals surface area (Å²) in [6.07, 6.45) is 4.32. The van der Waals surface area contributed by atoms with Crippen LogP contribution in [-0.2, 0) is 4.79 Å². The Morgan fingerprint density at radius 1 is 1.08 bits per heavy atom. The lowest BCUT2D eigenvalue weighted by Crippen LogP contribution is -1.81. The number of aldehydes is 2. The summed E-state index contributed by atoms with van der Waals surface area (Å²) in [5.74, 6) is 0. The van der Waals surface area contributed by atoms with Gasteiger partial charge in [0.2, 0.25) is 0 Å². The Balaban J connectivity index is 3.07. The average Bonchev–Trinajstić information content (AvgIpc) is 2.14. The zero-order valence-corrected chi connectivity index (χ0v) is 7.49. The molecular formula is C10H7ClO2. The van der Waals surface area contributed by atoms with Crippen LogP contribution >= 0.6 is 11.6 Å². The molecule has 0 N–H and O–H groups in total. The van der Waals surface area contributed by atoms with E-state index in [0.717, 1.165) is 5.56 Å². The Morgan fingerprint density at radius 2 is 1.77 bits per heavy atom. The monoisotopic (exact) mass is 194 g/mol. The fraction of sp³-hybridized carbons (Fsp3) is 0. The largest absolute Gasteiger partial charge is 0.299 e. The van der Waals surface area contributed by atoms with Gasteiger partial charge >= 0.3 is 0 Å². The van der Waals surface area contributed by atoms with E-state index >= 15 is 0 Å². The summed E-state index contributed by atoms with van der Waals surface area (Å²) in [5.41, 5.74) is 1.24. The first-order valence-electron chi connectivity index (χ1n) is 3.64. The highest BCUT2D eigenvalue weighted by Gasteiger charge is 1.95. The van der Waals surface area contributed by atoms with Gasteiger partial charge in [-0.15, -0.1) is 0 Å². The Morgan fingerprint density at radius 3 is 2.38 bits per heavy atom. The zero-order valence-electron chi connectivity index (χ0n) is 6.74. The number of allylic oxidation sites excluding steroid dienone is 1. The van der Waals surface area contributed by atoms with Gasteiger partial charge in [-0.1, -0.05) is 17.7 Å². The van der Waals surface area contributed by atoms with Crippen LogP contribution in [0.4, 0.5) is 0 Å². The fourth-order valence-electron chi connectivity index (χ4n) is 0.951. The molecule has 0 saturated heterocycles. The minimum absolute atomic E-state index is 0.482. The standard InChI is InChI=1S/C10H7ClO2/c11-10-5-8(2-1-3-12)4-9(6-10)7-13/h1-7H. The van der Waals surface area contributed by atoms with Gasteiger partial charge < -0.3 is 0 Å². The smallest absolute Gasteiger partial charge is 0.150 e. The molecule has 0 spiro atoms. The van der Waals surface area contributed by atoms with Crippen LogP contribution in [0.5, 0.6) is 0 Å². The first-order chi connectivity index (χ1) is 6.26. The summed E-state index contributed by atoms with van der Waals surface area (Å²) < 4.78 is 0. The van der Waals surface area contributed by atoms with Crippen LogP contribution in [0.2, 0.25) is 5.02 Å². The van der Waals surface area contributed by atoms with Crippen molar-refractivity contribution in [2.45, 2.75) is 0 Å². The van der Waals surface area contributed by atoms with Gasteiger partial charge in [-0.25, -0.2) is 0 Å². The van der Waals surface area contributed by atoms with Crippen molar-refractivity contribution in [3.05, 3.63) is 40.4 Å². The third kappa shape index (κ3) is 2.84. The van der Waals surface area contributed by atoms with Crippen molar-refractivity contribution < 1.29 is 9.59 Å². The molecule has 0 bridgehead atoms. The molecule has 0 heterocycles. The van der Waals surface area contributed by atoms with Crippen molar-refractivity contribution in [2.24, 2.45) is 0 Å². The third-order valence-corrected chi connectivity index (χ3v) is 1.66. The highest BCUT2D eigenvalue weighted by Crippen LogP contribution is 2.14. The van der Waals surface area contributed by atoms with E-state index < -0.39 is 0 Å². The highest BCUT2D eigenvalue weighted by molar-refractivity contribution is 6.31. The molecule has 0 aliphatic carbocycles. The summed E-state index contributed by atoms with van der Waals surface area (Å²) in [5, 5.41) is 0.482. The van der Waals surface area contributed by atoms with Crippen LogP contribution in [0.1, 0.15) is 15.9 Å². The van der Waals surface area contributed by atoms with Crippen molar-refractivity contribution in [1.29, 1.82) is 0 Å². The molecule has 0 saturated carbocycles. The average molecular weight is 195 g/mol. The molecule has 66 valence electrons. The van der Waals surface area contributed by atoms with E-state index in [1.165, 1.54) is 6.08 Å². The predicted molar refractivity (Wildman–Crippen MR) is 51.9 cm³/mol. The number of benzene rings is 1. The van der Waals surface area contributed by atoms with E-state index in [2.05, 4.69) is 0 Å². The maximum Gasteiger partial charge on any atom is 0.150 e. The van der Waals surface area contributed by atoms with Gasteiger partial charge in [0.25, 0.3) is 0 Å². The number of rotatable bonds is 3. The summed E-state index contributed by atoms with van der Waals surface area (Å²) in [7, 11) is 0. The molecule has 3 heteroatoms. The van der Waals surface area contributed by atoms with Gasteiger partial charge in [-0.05, 0) is 29.8 Å². The van der Waals surface area contributed by atoms with E-state index in [4.69, 9.17) is 11.6 Å². The van der Waals surface area contributed by atoms with Gasteiger partial charge in [0.05, 0.1) is 0 Å². The van der Waals surface area contributed by atoms with Crippen LogP contribution in [0, 0.1) is 0 Å². The van der Waals surface area contributed by atoms with Crippen LogP contribution in [-0.4, -0.2) is 12.6 Å². The topological polar surface area (TPSA) is 34.1 Å². The van der Waals surface area contributed by atoms with Gasteiger partial charge in [0.15, 0.2) is 0 Å². The number of hydrogen-bond acceptors (Lipinski definition) is 2. The van der Waals surface area contributed by atoms with E-state index in [-0.39, 0.29) is 0 Å². The maximum absolute atomic E-state index is 10.4. The summed E-state index contributed by atoms with van der Waals surface area (Å²) in [6.45, 7) is 0. The Hall–Kier alpha value is -1.41. The van der Waals surface area contributed by atoms with Gasteiger partial charge in [0.1, 0.15) is 12.6 Å². The third-order valence-electron chi connectivity index (χ3n) is 1.45. The molecular weight excluding hydrogens is 188 g/mol. The molecule has 0 amide bonds. The molecule has 1 aromatic carbocycles. The van der Waals surface area contributed by atoms with E-state index in [1.807, 2.05) is 0 Å². The molecule has 0 atom stereocenters. The lowest BCUT2D eigenvalue weighted by molar-refractivity contribution is -0.104. The lowest BCUT2D eigenvalue weighted by Gasteiger charge is -1.96. The summed E-state index contributed by atoms with van der Waals surface area (Å²) >= 11 is 5.73. The van der Waals surface area contributed by atoms with Crippen molar-refractivity contribution in [3.8, 4) is 0 Å². The first-order valence-corrected chi connectivity index (χ1v) is 4.01. The molecule has 0 aliphatic heterocycles. The van der Waals surface area contributed by atoms with E-state index in [9.17, 15) is 9.59 Å². The zero-order chi connectivity index (χ0) is 9.68. The van der Waals surface area contributed by atoms with Crippen LogP contribution in [0.25, 0.3) is 6.08 Å². The van der Waals surface area contributed by atoms with Crippen molar-refractivity contribution in [2.75, 3.05) is 0 Å². The van der Waals surface area contributed by atoms with Gasteiger partial charge in [-0.2, -0.15) is 0 Å². The van der Waals surface area contributed by atoms with Crippen molar-refractivity contribution in [1.82, 2.24) is 0 Å². The second-order valence-electron chi connectivity index (χ2n) is 2.43. The Labute approximate surface area is 80.8 Å². The van der Waals surface area contributed by atoms with Crippen LogP contribution in [0.15, 0.2) is 24.3 Å². The van der Waals surface area contributed by atoms with Gasteiger partial charge in [-0.3, -0.25) is 9.59 Å². The van der Waals surface area contributed by atoms with E-state index in [1.54, 1.807) is 24.3 Å². The Bertz CT molecular complexity index is 356. The Kier molecular flexibility index (Phi) is 3.41. The highest BCUT2D eigenvalue weighted by atomic mass is 35.5. The summed E-state index contributed by atoms with van der Waals surface area (Å²) in [6, 6.07) is 4.89. The molecule has 0 radical (unpaired) electrons. The number of carbonyl (C=O) groups excluding carboxylic acids is 2. The molecule has 0 aliphatic rings. The molecule has 0 unspecified atom stereocenters. The molecule has 0 fully saturated rings. The second-order valence-corrected chi connectivity index (χ2v) is 2.87. The van der Waals surface area contributed by atoms with Crippen LogP contribution < -0.4 is 0 Å². The molecule has 1 rings (SSSR count). The minimum atomic E-state index is 0.482. The summed E-state index contributed by atoms with van der Waals surface area (Å²) in [4.78, 5) is 20.5. The SMILES string of the molecule is O=CC=Cc1cc(Cl)cc(C=O)c1. The normalized spacial score (nSPS) is 10.2. The molecule has 2 nitrogen and oxygen atoms in total. The van der Waals surface area contributed by atoms with Crippen molar-refractivity contribution >= 4 is 30.2 Å². The number of halogens is 1. The molecule has 13 heavy (non-hydrogen) atoms. The predicted octanol–water partition coefficient (Wildman–Crippen LogP) is 2.36. The first kappa shape index (κ1) is 9.68.